The molecule has 2 aliphatic heterocycles. The first-order chi connectivity index (χ1) is 11.7. The molecule has 2 atom stereocenters. The third kappa shape index (κ3) is 3.32. The lowest BCUT2D eigenvalue weighted by atomic mass is 9.94. The number of fused-ring (bicyclic) bond motifs is 2. The Morgan fingerprint density at radius 1 is 1.00 bits per heavy atom. The number of aliphatic hydroxyl groups is 1. The Balaban J connectivity index is 1.35. The van der Waals surface area contributed by atoms with Crippen LogP contribution in [0.1, 0.15) is 50.5 Å². The molecule has 4 rings (SSSR count). The molecule has 1 aromatic carbocycles. The molecule has 2 bridgehead atoms. The van der Waals surface area contributed by atoms with Crippen LogP contribution in [0.3, 0.4) is 0 Å². The SMILES string of the molecule is OCC1(NCc2ccc(O[C@@]34CCCN(CC3)C4)cc2)CCCC1. The number of nitrogens with zero attached hydrogens (tertiary/aromatic N) is 1. The molecule has 4 heteroatoms. The van der Waals surface area contributed by atoms with Gasteiger partial charge in [-0.25, -0.2) is 0 Å². The molecule has 0 aromatic heterocycles. The number of ether oxygens (including phenoxy) is 1. The van der Waals surface area contributed by atoms with E-state index in [9.17, 15) is 5.11 Å². The normalized spacial score (nSPS) is 31.3. The van der Waals surface area contributed by atoms with E-state index in [-0.39, 0.29) is 17.7 Å². The largest absolute Gasteiger partial charge is 0.486 e. The van der Waals surface area contributed by atoms with Gasteiger partial charge in [-0.3, -0.25) is 4.90 Å². The molecule has 132 valence electrons. The fourth-order valence-corrected chi connectivity index (χ4v) is 4.74. The van der Waals surface area contributed by atoms with Crippen LogP contribution in [-0.4, -0.2) is 47.4 Å². The van der Waals surface area contributed by atoms with Gasteiger partial charge in [0.2, 0.25) is 0 Å². The fourth-order valence-electron chi connectivity index (χ4n) is 4.74. The van der Waals surface area contributed by atoms with Crippen molar-refractivity contribution in [2.24, 2.45) is 0 Å². The Hall–Kier alpha value is -1.10. The lowest BCUT2D eigenvalue weighted by molar-refractivity contribution is 0.0453. The Bertz CT molecular complexity index is 549. The summed E-state index contributed by atoms with van der Waals surface area (Å²) in [6, 6.07) is 8.55. The zero-order chi connectivity index (χ0) is 16.5. The molecule has 0 amide bonds. The van der Waals surface area contributed by atoms with Crippen LogP contribution >= 0.6 is 0 Å². The second kappa shape index (κ2) is 6.66. The third-order valence-electron chi connectivity index (χ3n) is 6.29. The molecule has 3 fully saturated rings. The van der Waals surface area contributed by atoms with Crippen molar-refractivity contribution in [3.63, 3.8) is 0 Å². The number of aliphatic hydroxyl groups excluding tert-OH is 1. The van der Waals surface area contributed by atoms with E-state index in [1.54, 1.807) is 0 Å². The van der Waals surface area contributed by atoms with Crippen LogP contribution in [0, 0.1) is 0 Å². The van der Waals surface area contributed by atoms with E-state index in [1.807, 2.05) is 0 Å². The van der Waals surface area contributed by atoms with E-state index in [4.69, 9.17) is 4.74 Å². The van der Waals surface area contributed by atoms with E-state index >= 15 is 0 Å². The molecule has 4 nitrogen and oxygen atoms in total. The first kappa shape index (κ1) is 16.4. The number of benzene rings is 1. The summed E-state index contributed by atoms with van der Waals surface area (Å²) in [6.07, 6.45) is 8.22. The summed E-state index contributed by atoms with van der Waals surface area (Å²) in [4.78, 5) is 2.53. The van der Waals surface area contributed by atoms with Crippen LogP contribution in [0.4, 0.5) is 0 Å². The number of nitrogens with one attached hydrogen (secondary N) is 1. The Kier molecular flexibility index (Phi) is 4.54. The average Bonchev–Trinajstić information content (AvgIpc) is 3.20. The minimum absolute atomic E-state index is 0.0520. The van der Waals surface area contributed by atoms with Crippen molar-refractivity contribution in [1.29, 1.82) is 0 Å². The van der Waals surface area contributed by atoms with Crippen molar-refractivity contribution in [2.75, 3.05) is 26.2 Å². The molecular formula is C20H30N2O2. The topological polar surface area (TPSA) is 44.7 Å². The Morgan fingerprint density at radius 2 is 1.79 bits per heavy atom. The van der Waals surface area contributed by atoms with Crippen molar-refractivity contribution in [3.8, 4) is 5.75 Å². The molecule has 1 saturated carbocycles. The number of piperidine rings is 1. The van der Waals surface area contributed by atoms with Gasteiger partial charge in [0, 0.05) is 31.6 Å². The van der Waals surface area contributed by atoms with Crippen molar-refractivity contribution in [3.05, 3.63) is 29.8 Å². The van der Waals surface area contributed by atoms with E-state index in [0.29, 0.717) is 0 Å². The van der Waals surface area contributed by atoms with Gasteiger partial charge in [-0.05, 0) is 49.9 Å². The third-order valence-corrected chi connectivity index (χ3v) is 6.29. The summed E-state index contributed by atoms with van der Waals surface area (Å²) in [5.41, 5.74) is 1.27. The molecule has 2 heterocycles. The van der Waals surface area contributed by atoms with Gasteiger partial charge in [0.05, 0.1) is 6.61 Å². The van der Waals surface area contributed by atoms with E-state index in [0.717, 1.165) is 38.1 Å². The van der Waals surface area contributed by atoms with E-state index in [2.05, 4.69) is 34.5 Å². The zero-order valence-corrected chi connectivity index (χ0v) is 14.6. The minimum Gasteiger partial charge on any atom is -0.486 e. The summed E-state index contributed by atoms with van der Waals surface area (Å²) in [6.45, 7) is 4.58. The van der Waals surface area contributed by atoms with Crippen LogP contribution in [0.25, 0.3) is 0 Å². The van der Waals surface area contributed by atoms with Crippen LogP contribution in [0.2, 0.25) is 0 Å². The van der Waals surface area contributed by atoms with Gasteiger partial charge in [0.1, 0.15) is 11.4 Å². The Morgan fingerprint density at radius 3 is 2.54 bits per heavy atom. The predicted octanol–water partition coefficient (Wildman–Crippen LogP) is 2.70. The molecule has 1 unspecified atom stereocenters. The first-order valence-electron chi connectivity index (χ1n) is 9.57. The highest BCUT2D eigenvalue weighted by molar-refractivity contribution is 5.28. The second-order valence-corrected chi connectivity index (χ2v) is 8.06. The molecule has 1 aromatic rings. The maximum Gasteiger partial charge on any atom is 0.123 e. The van der Waals surface area contributed by atoms with Gasteiger partial charge in [-0.2, -0.15) is 0 Å². The van der Waals surface area contributed by atoms with Gasteiger partial charge >= 0.3 is 0 Å². The highest BCUT2D eigenvalue weighted by atomic mass is 16.5. The molecule has 0 radical (unpaired) electrons. The first-order valence-corrected chi connectivity index (χ1v) is 9.57. The molecule has 2 saturated heterocycles. The van der Waals surface area contributed by atoms with Gasteiger partial charge in [0.15, 0.2) is 0 Å². The van der Waals surface area contributed by atoms with E-state index in [1.165, 1.54) is 44.3 Å². The molecule has 1 aliphatic carbocycles. The summed E-state index contributed by atoms with van der Waals surface area (Å²) in [7, 11) is 0. The average molecular weight is 330 g/mol. The van der Waals surface area contributed by atoms with Crippen molar-refractivity contribution in [2.45, 2.75) is 62.6 Å². The van der Waals surface area contributed by atoms with Gasteiger partial charge in [-0.15, -0.1) is 0 Å². The van der Waals surface area contributed by atoms with Crippen molar-refractivity contribution < 1.29 is 9.84 Å². The number of rotatable bonds is 6. The highest BCUT2D eigenvalue weighted by Crippen LogP contribution is 2.35. The molecule has 24 heavy (non-hydrogen) atoms. The van der Waals surface area contributed by atoms with Crippen LogP contribution < -0.4 is 10.1 Å². The summed E-state index contributed by atoms with van der Waals surface area (Å²) in [5.74, 6) is 1.00. The lowest BCUT2D eigenvalue weighted by Crippen LogP contribution is -2.45. The van der Waals surface area contributed by atoms with Gasteiger partial charge in [-0.1, -0.05) is 25.0 Å². The summed E-state index contributed by atoms with van der Waals surface area (Å²) >= 11 is 0. The second-order valence-electron chi connectivity index (χ2n) is 8.06. The molecule has 2 N–H and O–H groups in total. The van der Waals surface area contributed by atoms with Crippen LogP contribution in [0.5, 0.6) is 5.75 Å². The standard InChI is InChI=1S/C20H30N2O2/c23-16-19(8-1-2-9-19)21-14-17-4-6-18(7-5-17)24-20-10-3-12-22(15-20)13-11-20/h4-7,21,23H,1-3,8-16H2/t20-/m0/s1. The number of hydrogen-bond acceptors (Lipinski definition) is 4. The fraction of sp³-hybridized carbons (Fsp3) is 0.700. The zero-order valence-electron chi connectivity index (χ0n) is 14.6. The molecular weight excluding hydrogens is 300 g/mol. The number of hydrogen-bond donors (Lipinski definition) is 2. The van der Waals surface area contributed by atoms with Gasteiger partial charge < -0.3 is 15.2 Å². The van der Waals surface area contributed by atoms with Crippen molar-refractivity contribution in [1.82, 2.24) is 10.2 Å². The van der Waals surface area contributed by atoms with Gasteiger partial charge in [0.25, 0.3) is 0 Å². The van der Waals surface area contributed by atoms with E-state index < -0.39 is 0 Å². The van der Waals surface area contributed by atoms with Crippen LogP contribution in [0.15, 0.2) is 24.3 Å². The maximum atomic E-state index is 9.69. The Labute approximate surface area is 145 Å². The highest BCUT2D eigenvalue weighted by Gasteiger charge is 2.42. The summed E-state index contributed by atoms with van der Waals surface area (Å²) < 4.78 is 6.41. The minimum atomic E-state index is -0.0520. The monoisotopic (exact) mass is 330 g/mol. The lowest BCUT2D eigenvalue weighted by Gasteiger charge is -2.34. The summed E-state index contributed by atoms with van der Waals surface area (Å²) in [5, 5.41) is 13.3. The predicted molar refractivity (Wildman–Crippen MR) is 95.2 cm³/mol. The maximum absolute atomic E-state index is 9.69. The van der Waals surface area contributed by atoms with Crippen LogP contribution in [-0.2, 0) is 6.54 Å². The molecule has 3 aliphatic rings. The smallest absolute Gasteiger partial charge is 0.123 e. The quantitative estimate of drug-likeness (QED) is 0.842. The molecule has 0 spiro atoms. The van der Waals surface area contributed by atoms with Crippen molar-refractivity contribution >= 4 is 0 Å².